The molecule has 0 aliphatic heterocycles. The first-order valence-corrected chi connectivity index (χ1v) is 5.44. The van der Waals surface area contributed by atoms with Crippen LogP contribution in [0.4, 0.5) is 0 Å². The van der Waals surface area contributed by atoms with Gasteiger partial charge < -0.3 is 5.73 Å². The SMILES string of the molecule is CCCCC(C)CC(CC)CN. The van der Waals surface area contributed by atoms with Crippen molar-refractivity contribution in [2.45, 2.75) is 52.9 Å². The molecular weight excluding hydrogens is 146 g/mol. The molecule has 0 fully saturated rings. The number of nitrogens with two attached hydrogens (primary N) is 1. The summed E-state index contributed by atoms with van der Waals surface area (Å²) in [5.74, 6) is 1.63. The molecule has 0 aromatic carbocycles. The van der Waals surface area contributed by atoms with Crippen LogP contribution in [-0.2, 0) is 0 Å². The molecule has 2 N–H and O–H groups in total. The van der Waals surface area contributed by atoms with Crippen LogP contribution in [-0.4, -0.2) is 6.54 Å². The minimum atomic E-state index is 0.761. The van der Waals surface area contributed by atoms with Crippen LogP contribution in [0.2, 0.25) is 0 Å². The van der Waals surface area contributed by atoms with Gasteiger partial charge in [-0.15, -0.1) is 0 Å². The van der Waals surface area contributed by atoms with Gasteiger partial charge in [0.15, 0.2) is 0 Å². The molecule has 0 saturated heterocycles. The van der Waals surface area contributed by atoms with Gasteiger partial charge in [0.1, 0.15) is 0 Å². The first-order chi connectivity index (χ1) is 5.74. The molecule has 1 heteroatoms. The Balaban J connectivity index is 3.44. The maximum atomic E-state index is 5.66. The molecule has 1 nitrogen and oxygen atoms in total. The molecule has 12 heavy (non-hydrogen) atoms. The Hall–Kier alpha value is -0.0400. The van der Waals surface area contributed by atoms with E-state index in [1.807, 2.05) is 0 Å². The Labute approximate surface area is 77.7 Å². The van der Waals surface area contributed by atoms with Crippen molar-refractivity contribution >= 4 is 0 Å². The quantitative estimate of drug-likeness (QED) is 0.625. The summed E-state index contributed by atoms with van der Waals surface area (Å²) in [5, 5.41) is 0. The summed E-state index contributed by atoms with van der Waals surface area (Å²) < 4.78 is 0. The molecule has 0 aliphatic rings. The van der Waals surface area contributed by atoms with Gasteiger partial charge in [0.25, 0.3) is 0 Å². The van der Waals surface area contributed by atoms with Crippen LogP contribution in [0.25, 0.3) is 0 Å². The largest absolute Gasteiger partial charge is 0.330 e. The van der Waals surface area contributed by atoms with Crippen LogP contribution >= 0.6 is 0 Å². The van der Waals surface area contributed by atoms with E-state index in [0.29, 0.717) is 0 Å². The molecule has 0 heterocycles. The second-order valence-electron chi connectivity index (χ2n) is 3.99. The lowest BCUT2D eigenvalue weighted by atomic mass is 9.90. The summed E-state index contributed by atoms with van der Waals surface area (Å²) in [6.07, 6.45) is 6.65. The average molecular weight is 171 g/mol. The van der Waals surface area contributed by atoms with Crippen LogP contribution in [0, 0.1) is 11.8 Å². The van der Waals surface area contributed by atoms with E-state index in [9.17, 15) is 0 Å². The van der Waals surface area contributed by atoms with E-state index >= 15 is 0 Å². The predicted molar refractivity (Wildman–Crippen MR) is 56.1 cm³/mol. The Morgan fingerprint density at radius 3 is 2.33 bits per heavy atom. The highest BCUT2D eigenvalue weighted by atomic mass is 14.5. The predicted octanol–water partition coefficient (Wildman–Crippen LogP) is 3.19. The fourth-order valence-corrected chi connectivity index (χ4v) is 1.67. The Kier molecular flexibility index (Phi) is 7.58. The third kappa shape index (κ3) is 5.59. The molecule has 0 aliphatic carbocycles. The van der Waals surface area contributed by atoms with Gasteiger partial charge in [-0.25, -0.2) is 0 Å². The van der Waals surface area contributed by atoms with Gasteiger partial charge >= 0.3 is 0 Å². The van der Waals surface area contributed by atoms with Crippen molar-refractivity contribution in [2.24, 2.45) is 17.6 Å². The highest BCUT2D eigenvalue weighted by Crippen LogP contribution is 2.19. The second kappa shape index (κ2) is 7.60. The molecule has 0 aromatic rings. The number of hydrogen-bond acceptors (Lipinski definition) is 1. The molecule has 74 valence electrons. The second-order valence-corrected chi connectivity index (χ2v) is 3.99. The smallest absolute Gasteiger partial charge is 0.00489 e. The summed E-state index contributed by atoms with van der Waals surface area (Å²) >= 11 is 0. The van der Waals surface area contributed by atoms with Crippen molar-refractivity contribution in [3.8, 4) is 0 Å². The minimum Gasteiger partial charge on any atom is -0.330 e. The van der Waals surface area contributed by atoms with Crippen LogP contribution < -0.4 is 5.73 Å². The molecule has 0 radical (unpaired) electrons. The van der Waals surface area contributed by atoms with Crippen LogP contribution in [0.15, 0.2) is 0 Å². The van der Waals surface area contributed by atoms with E-state index in [4.69, 9.17) is 5.73 Å². The Morgan fingerprint density at radius 2 is 1.92 bits per heavy atom. The third-order valence-corrected chi connectivity index (χ3v) is 2.70. The summed E-state index contributed by atoms with van der Waals surface area (Å²) in [5.41, 5.74) is 5.66. The fourth-order valence-electron chi connectivity index (χ4n) is 1.67. The monoisotopic (exact) mass is 171 g/mol. The Bertz CT molecular complexity index is 87.0. The van der Waals surface area contributed by atoms with Crippen LogP contribution in [0.3, 0.4) is 0 Å². The zero-order chi connectivity index (χ0) is 9.40. The van der Waals surface area contributed by atoms with Gasteiger partial charge in [-0.3, -0.25) is 0 Å². The standard InChI is InChI=1S/C11H25N/c1-4-6-7-10(3)8-11(5-2)9-12/h10-11H,4-9,12H2,1-3H3. The summed E-state index contributed by atoms with van der Waals surface area (Å²) in [6, 6.07) is 0. The number of rotatable bonds is 7. The normalized spacial score (nSPS) is 16.0. The molecule has 0 spiro atoms. The first-order valence-electron chi connectivity index (χ1n) is 5.44. The van der Waals surface area contributed by atoms with Gasteiger partial charge in [0, 0.05) is 0 Å². The number of unbranched alkanes of at least 4 members (excludes halogenated alkanes) is 1. The van der Waals surface area contributed by atoms with Crippen molar-refractivity contribution < 1.29 is 0 Å². The summed E-state index contributed by atoms with van der Waals surface area (Å²) in [6.45, 7) is 7.72. The molecule has 0 amide bonds. The lowest BCUT2D eigenvalue weighted by molar-refractivity contribution is 0.364. The van der Waals surface area contributed by atoms with Gasteiger partial charge in [-0.05, 0) is 24.8 Å². The van der Waals surface area contributed by atoms with E-state index < -0.39 is 0 Å². The maximum absolute atomic E-state index is 5.66. The van der Waals surface area contributed by atoms with E-state index in [1.54, 1.807) is 0 Å². The molecule has 0 saturated carbocycles. The van der Waals surface area contributed by atoms with E-state index in [2.05, 4.69) is 20.8 Å². The van der Waals surface area contributed by atoms with Gasteiger partial charge in [0.05, 0.1) is 0 Å². The molecule has 2 unspecified atom stereocenters. The summed E-state index contributed by atoms with van der Waals surface area (Å²) in [4.78, 5) is 0. The number of hydrogen-bond donors (Lipinski definition) is 1. The fraction of sp³-hybridized carbons (Fsp3) is 1.00. The first kappa shape index (κ1) is 12.0. The van der Waals surface area contributed by atoms with Gasteiger partial charge in [0.2, 0.25) is 0 Å². The van der Waals surface area contributed by atoms with Crippen LogP contribution in [0.5, 0.6) is 0 Å². The summed E-state index contributed by atoms with van der Waals surface area (Å²) in [7, 11) is 0. The van der Waals surface area contributed by atoms with E-state index in [1.165, 1.54) is 32.1 Å². The third-order valence-electron chi connectivity index (χ3n) is 2.70. The zero-order valence-electron chi connectivity index (χ0n) is 8.97. The molecule has 0 bridgehead atoms. The molecule has 0 aromatic heterocycles. The van der Waals surface area contributed by atoms with Gasteiger partial charge in [-0.1, -0.05) is 46.5 Å². The Morgan fingerprint density at radius 1 is 1.25 bits per heavy atom. The van der Waals surface area contributed by atoms with Crippen LogP contribution in [0.1, 0.15) is 52.9 Å². The lowest BCUT2D eigenvalue weighted by Crippen LogP contribution is -2.16. The maximum Gasteiger partial charge on any atom is -0.00489 e. The van der Waals surface area contributed by atoms with Crippen molar-refractivity contribution in [1.82, 2.24) is 0 Å². The van der Waals surface area contributed by atoms with Crippen molar-refractivity contribution in [3.63, 3.8) is 0 Å². The van der Waals surface area contributed by atoms with Crippen molar-refractivity contribution in [2.75, 3.05) is 6.54 Å². The van der Waals surface area contributed by atoms with Crippen molar-refractivity contribution in [3.05, 3.63) is 0 Å². The zero-order valence-corrected chi connectivity index (χ0v) is 8.97. The highest BCUT2D eigenvalue weighted by Gasteiger charge is 2.08. The highest BCUT2D eigenvalue weighted by molar-refractivity contribution is 4.62. The average Bonchev–Trinajstić information content (AvgIpc) is 2.10. The van der Waals surface area contributed by atoms with E-state index in [0.717, 1.165) is 18.4 Å². The lowest BCUT2D eigenvalue weighted by Gasteiger charge is -2.17. The molecule has 0 rings (SSSR count). The topological polar surface area (TPSA) is 26.0 Å². The molecule has 2 atom stereocenters. The van der Waals surface area contributed by atoms with Gasteiger partial charge in [-0.2, -0.15) is 0 Å². The minimum absolute atomic E-state index is 0.761. The van der Waals surface area contributed by atoms with E-state index in [-0.39, 0.29) is 0 Å². The molecular formula is C11H25N. The van der Waals surface area contributed by atoms with Crippen molar-refractivity contribution in [1.29, 1.82) is 0 Å².